The Morgan fingerprint density at radius 1 is 1.44 bits per heavy atom. The number of nitrogens with two attached hydrogens (primary N) is 1. The molecule has 0 saturated heterocycles. The number of amides is 1. The second kappa shape index (κ2) is 6.95. The predicted octanol–water partition coefficient (Wildman–Crippen LogP) is 2.78. The van der Waals surface area contributed by atoms with Crippen molar-refractivity contribution < 1.29 is 13.6 Å². The van der Waals surface area contributed by atoms with E-state index < -0.39 is 29.5 Å². The van der Waals surface area contributed by atoms with E-state index in [-0.39, 0.29) is 0 Å². The Hall–Kier alpha value is -2.22. The highest BCUT2D eigenvalue weighted by molar-refractivity contribution is 8.13. The lowest BCUT2D eigenvalue weighted by Gasteiger charge is -2.30. The maximum absolute atomic E-state index is 14.4. The van der Waals surface area contributed by atoms with Crippen LogP contribution in [0.1, 0.15) is 18.9 Å². The topological polar surface area (TPSA) is 79.8 Å². The third-order valence-corrected chi connectivity index (χ3v) is 4.94. The number of alkyl halides is 1. The number of carbonyl (C=O) groups is 1. The normalized spacial score (nSPS) is 28.5. The monoisotopic (exact) mass is 364 g/mol. The van der Waals surface area contributed by atoms with Gasteiger partial charge >= 0.3 is 0 Å². The van der Waals surface area contributed by atoms with Crippen LogP contribution >= 0.6 is 11.8 Å². The summed E-state index contributed by atoms with van der Waals surface area (Å²) in [6.45, 7) is 1.82. The first-order chi connectivity index (χ1) is 11.9. The van der Waals surface area contributed by atoms with Crippen molar-refractivity contribution in [1.82, 2.24) is 0 Å². The fraction of sp³-hybridized carbons (Fsp3) is 0.353. The molecule has 3 N–H and O–H groups in total. The first-order valence-corrected chi connectivity index (χ1v) is 8.81. The summed E-state index contributed by atoms with van der Waals surface area (Å²) in [5, 5.41) is 3.10. The van der Waals surface area contributed by atoms with Crippen molar-refractivity contribution in [2.75, 3.05) is 11.1 Å². The Labute approximate surface area is 148 Å². The maximum Gasteiger partial charge on any atom is 0.253 e. The number of thioether (sulfide) groups is 1. The van der Waals surface area contributed by atoms with Crippen LogP contribution < -0.4 is 11.1 Å². The van der Waals surface area contributed by atoms with Crippen molar-refractivity contribution in [3.8, 4) is 0 Å². The molecule has 2 aliphatic heterocycles. The lowest BCUT2D eigenvalue weighted by molar-refractivity contribution is -0.116. The van der Waals surface area contributed by atoms with Gasteiger partial charge in [-0.25, -0.2) is 8.78 Å². The minimum atomic E-state index is -1.27. The van der Waals surface area contributed by atoms with Gasteiger partial charge in [0.15, 0.2) is 11.3 Å². The van der Waals surface area contributed by atoms with E-state index in [0.717, 1.165) is 12.0 Å². The molecular weight excluding hydrogens is 346 g/mol. The van der Waals surface area contributed by atoms with Crippen molar-refractivity contribution in [2.45, 2.75) is 31.1 Å². The molecule has 1 aromatic carbocycles. The Balaban J connectivity index is 1.82. The molecule has 0 aliphatic carbocycles. The first kappa shape index (κ1) is 17.6. The first-order valence-electron chi connectivity index (χ1n) is 7.82. The number of rotatable bonds is 3. The lowest BCUT2D eigenvalue weighted by Crippen LogP contribution is -2.30. The Morgan fingerprint density at radius 3 is 2.92 bits per heavy atom. The molecule has 0 spiro atoms. The minimum absolute atomic E-state index is 0.375. The number of dihydropyridines is 1. The lowest BCUT2D eigenvalue weighted by atomic mass is 9.89. The SMILES string of the molecule is C[C@@]1(c2cc(NC(=O)C3C=CC(F)C=N3)ccc2F)CCSC(N)=N1. The van der Waals surface area contributed by atoms with Crippen LogP contribution in [0.5, 0.6) is 0 Å². The largest absolute Gasteiger partial charge is 0.379 e. The number of hydrogen-bond donors (Lipinski definition) is 2. The van der Waals surface area contributed by atoms with Crippen LogP contribution in [0.4, 0.5) is 14.5 Å². The second-order valence-corrected chi connectivity index (χ2v) is 7.19. The summed E-state index contributed by atoms with van der Waals surface area (Å²) in [5.41, 5.74) is 5.82. The second-order valence-electron chi connectivity index (χ2n) is 6.08. The van der Waals surface area contributed by atoms with Gasteiger partial charge in [-0.3, -0.25) is 14.8 Å². The van der Waals surface area contributed by atoms with Crippen molar-refractivity contribution in [1.29, 1.82) is 0 Å². The zero-order valence-electron chi connectivity index (χ0n) is 13.6. The number of hydrogen-bond acceptors (Lipinski definition) is 5. The van der Waals surface area contributed by atoms with E-state index in [2.05, 4.69) is 15.3 Å². The van der Waals surface area contributed by atoms with E-state index in [1.807, 2.05) is 6.92 Å². The average Bonchev–Trinajstić information content (AvgIpc) is 2.57. The molecule has 0 radical (unpaired) electrons. The Bertz CT molecular complexity index is 766. The van der Waals surface area contributed by atoms with Crippen LogP contribution in [0.3, 0.4) is 0 Å². The van der Waals surface area contributed by atoms with E-state index in [9.17, 15) is 13.6 Å². The molecule has 0 saturated carbocycles. The number of nitrogens with one attached hydrogen (secondary N) is 1. The predicted molar refractivity (Wildman–Crippen MR) is 97.4 cm³/mol. The van der Waals surface area contributed by atoms with Crippen LogP contribution in [0.2, 0.25) is 0 Å². The molecule has 1 aromatic rings. The summed E-state index contributed by atoms with van der Waals surface area (Å²) >= 11 is 1.44. The number of carbonyl (C=O) groups excluding carboxylic acids is 1. The van der Waals surface area contributed by atoms with E-state index in [1.165, 1.54) is 36.0 Å². The third kappa shape index (κ3) is 3.89. The fourth-order valence-electron chi connectivity index (χ4n) is 2.75. The molecule has 2 aliphatic rings. The van der Waals surface area contributed by atoms with E-state index in [1.54, 1.807) is 6.07 Å². The van der Waals surface area contributed by atoms with Gasteiger partial charge in [0.05, 0.1) is 5.54 Å². The fourth-order valence-corrected chi connectivity index (χ4v) is 3.73. The average molecular weight is 364 g/mol. The number of halogens is 2. The van der Waals surface area contributed by atoms with Crippen LogP contribution in [0.15, 0.2) is 40.3 Å². The summed E-state index contributed by atoms with van der Waals surface area (Å²) < 4.78 is 27.3. The molecule has 0 aromatic heterocycles. The minimum Gasteiger partial charge on any atom is -0.379 e. The van der Waals surface area contributed by atoms with Gasteiger partial charge in [-0.05, 0) is 37.6 Å². The molecule has 8 heteroatoms. The highest BCUT2D eigenvalue weighted by atomic mass is 32.2. The molecule has 25 heavy (non-hydrogen) atoms. The van der Waals surface area contributed by atoms with E-state index >= 15 is 0 Å². The number of allylic oxidation sites excluding steroid dienone is 1. The molecule has 132 valence electrons. The standard InChI is InChI=1S/C17H18F2N4OS/c1-17(6-7-25-16(20)23-17)12-8-11(3-4-13(12)19)22-15(24)14-5-2-10(18)9-21-14/h2-5,8-10,14H,6-7H2,1H3,(H2,20,23)(H,22,24)/t10?,14?,17-/m0/s1. The van der Waals surface area contributed by atoms with Gasteiger partial charge in [0.2, 0.25) is 0 Å². The van der Waals surface area contributed by atoms with Crippen molar-refractivity contribution in [3.05, 3.63) is 41.7 Å². The summed E-state index contributed by atoms with van der Waals surface area (Å²) in [6, 6.07) is 3.53. The Kier molecular flexibility index (Phi) is 4.89. The van der Waals surface area contributed by atoms with Gasteiger partial charge in [0.25, 0.3) is 5.91 Å². The van der Waals surface area contributed by atoms with E-state index in [4.69, 9.17) is 5.73 Å². The zero-order chi connectivity index (χ0) is 18.0. The van der Waals surface area contributed by atoms with Gasteiger partial charge in [-0.1, -0.05) is 17.8 Å². The summed E-state index contributed by atoms with van der Waals surface area (Å²) in [7, 11) is 0. The molecule has 2 unspecified atom stereocenters. The number of anilines is 1. The number of nitrogens with zero attached hydrogens (tertiary/aromatic N) is 2. The van der Waals surface area contributed by atoms with Crippen LogP contribution in [0, 0.1) is 5.82 Å². The third-order valence-electron chi connectivity index (χ3n) is 4.14. The molecular formula is C17H18F2N4OS. The molecule has 1 amide bonds. The number of aliphatic imine (C=N–C) groups is 2. The van der Waals surface area contributed by atoms with Crippen molar-refractivity contribution >= 4 is 34.7 Å². The Morgan fingerprint density at radius 2 is 2.24 bits per heavy atom. The molecule has 3 atom stereocenters. The van der Waals surface area contributed by atoms with Gasteiger partial charge in [0.1, 0.15) is 11.9 Å². The van der Waals surface area contributed by atoms with Crippen LogP contribution in [-0.2, 0) is 10.3 Å². The molecule has 2 heterocycles. The van der Waals surface area contributed by atoms with Gasteiger partial charge in [-0.15, -0.1) is 0 Å². The van der Waals surface area contributed by atoms with Gasteiger partial charge in [-0.2, -0.15) is 0 Å². The van der Waals surface area contributed by atoms with E-state index in [0.29, 0.717) is 22.8 Å². The van der Waals surface area contributed by atoms with Crippen molar-refractivity contribution in [3.63, 3.8) is 0 Å². The summed E-state index contributed by atoms with van der Waals surface area (Å²) in [4.78, 5) is 20.5. The van der Waals surface area contributed by atoms with Crippen LogP contribution in [-0.4, -0.2) is 35.3 Å². The van der Waals surface area contributed by atoms with Crippen LogP contribution in [0.25, 0.3) is 0 Å². The molecule has 0 fully saturated rings. The maximum atomic E-state index is 14.4. The van der Waals surface area contributed by atoms with Gasteiger partial charge < -0.3 is 11.1 Å². The number of benzene rings is 1. The molecule has 3 rings (SSSR count). The quantitative estimate of drug-likeness (QED) is 0.810. The highest BCUT2D eigenvalue weighted by Crippen LogP contribution is 2.37. The zero-order valence-corrected chi connectivity index (χ0v) is 14.4. The summed E-state index contributed by atoms with van der Waals surface area (Å²) in [5.74, 6) is -0.0717. The smallest absolute Gasteiger partial charge is 0.253 e. The van der Waals surface area contributed by atoms with Crippen molar-refractivity contribution in [2.24, 2.45) is 15.7 Å². The highest BCUT2D eigenvalue weighted by Gasteiger charge is 2.32. The molecule has 0 bridgehead atoms. The summed E-state index contributed by atoms with van der Waals surface area (Å²) in [6.07, 6.45) is 3.12. The van der Waals surface area contributed by atoms with Gasteiger partial charge in [0, 0.05) is 23.2 Å². The number of amidine groups is 1. The molecule has 5 nitrogen and oxygen atoms in total.